The van der Waals surface area contributed by atoms with Gasteiger partial charge in [-0.1, -0.05) is 0 Å². The lowest BCUT2D eigenvalue weighted by Crippen LogP contribution is -2.41. The summed E-state index contributed by atoms with van der Waals surface area (Å²) in [6, 6.07) is 0. The van der Waals surface area contributed by atoms with Crippen LogP contribution in [-0.4, -0.2) is 84.5 Å². The molecule has 1 aromatic rings. The van der Waals surface area contributed by atoms with Crippen molar-refractivity contribution in [1.82, 2.24) is 23.7 Å². The average molecular weight is 343 g/mol. The number of rotatable bonds is 4. The van der Waals surface area contributed by atoms with Crippen LogP contribution in [0.2, 0.25) is 0 Å². The van der Waals surface area contributed by atoms with Gasteiger partial charge in [0.1, 0.15) is 0 Å². The number of amides is 1. The SMILES string of the molecule is CN(C)C(=O)[C@H]1CN(Cc2cncn2C)CCN(S(C)(=O)=O)C1. The topological polar surface area (TPSA) is 78.8 Å². The van der Waals surface area contributed by atoms with Gasteiger partial charge in [0, 0.05) is 60.1 Å². The van der Waals surface area contributed by atoms with Gasteiger partial charge in [0.2, 0.25) is 15.9 Å². The van der Waals surface area contributed by atoms with Gasteiger partial charge in [-0.15, -0.1) is 0 Å². The van der Waals surface area contributed by atoms with E-state index in [0.29, 0.717) is 26.2 Å². The Labute approximate surface area is 137 Å². The van der Waals surface area contributed by atoms with Crippen LogP contribution in [0.3, 0.4) is 0 Å². The summed E-state index contributed by atoms with van der Waals surface area (Å²) in [5.74, 6) is -0.411. The highest BCUT2D eigenvalue weighted by atomic mass is 32.2. The Bertz CT molecular complexity index is 655. The molecule has 2 rings (SSSR count). The van der Waals surface area contributed by atoms with Crippen LogP contribution in [-0.2, 0) is 28.4 Å². The van der Waals surface area contributed by atoms with Gasteiger partial charge in [-0.25, -0.2) is 17.7 Å². The first kappa shape index (κ1) is 17.9. The van der Waals surface area contributed by atoms with E-state index in [1.807, 2.05) is 11.6 Å². The lowest BCUT2D eigenvalue weighted by molar-refractivity contribution is -0.133. The fraction of sp³-hybridized carbons (Fsp3) is 0.714. The van der Waals surface area contributed by atoms with Gasteiger partial charge in [0.25, 0.3) is 0 Å². The van der Waals surface area contributed by atoms with Crippen molar-refractivity contribution in [3.63, 3.8) is 0 Å². The van der Waals surface area contributed by atoms with Crippen LogP contribution in [0.25, 0.3) is 0 Å². The summed E-state index contributed by atoms with van der Waals surface area (Å²) in [4.78, 5) is 20.1. The summed E-state index contributed by atoms with van der Waals surface area (Å²) in [5.41, 5.74) is 1.04. The predicted octanol–water partition coefficient (Wildman–Crippen LogP) is -0.798. The zero-order valence-electron chi connectivity index (χ0n) is 14.1. The van der Waals surface area contributed by atoms with Gasteiger partial charge in [-0.05, 0) is 0 Å². The summed E-state index contributed by atoms with van der Waals surface area (Å²) in [5, 5.41) is 0. The molecule has 8 nitrogen and oxygen atoms in total. The first-order valence-electron chi connectivity index (χ1n) is 7.52. The smallest absolute Gasteiger partial charge is 0.227 e. The molecule has 1 atom stereocenters. The van der Waals surface area contributed by atoms with Gasteiger partial charge < -0.3 is 9.47 Å². The Hall–Kier alpha value is -1.45. The molecule has 1 aliphatic rings. The second kappa shape index (κ2) is 6.98. The number of aryl methyl sites for hydroxylation is 1. The van der Waals surface area contributed by atoms with Crippen LogP contribution in [0, 0.1) is 5.92 Å². The maximum Gasteiger partial charge on any atom is 0.227 e. The van der Waals surface area contributed by atoms with Crippen LogP contribution in [0.1, 0.15) is 5.69 Å². The molecule has 2 heterocycles. The number of carbonyl (C=O) groups excluding carboxylic acids is 1. The van der Waals surface area contributed by atoms with Gasteiger partial charge in [0.05, 0.1) is 24.2 Å². The molecule has 1 fully saturated rings. The minimum atomic E-state index is -3.32. The minimum Gasteiger partial charge on any atom is -0.348 e. The number of hydrogen-bond acceptors (Lipinski definition) is 5. The van der Waals surface area contributed by atoms with E-state index in [0.717, 1.165) is 5.69 Å². The lowest BCUT2D eigenvalue weighted by Gasteiger charge is -2.25. The molecule has 0 unspecified atom stereocenters. The van der Waals surface area contributed by atoms with Crippen molar-refractivity contribution < 1.29 is 13.2 Å². The summed E-state index contributed by atoms with van der Waals surface area (Å²) < 4.78 is 27.2. The van der Waals surface area contributed by atoms with E-state index in [2.05, 4.69) is 9.88 Å². The molecule has 0 aliphatic carbocycles. The quantitative estimate of drug-likeness (QED) is 0.715. The number of hydrogen-bond donors (Lipinski definition) is 0. The van der Waals surface area contributed by atoms with Crippen LogP contribution in [0.15, 0.2) is 12.5 Å². The number of aromatic nitrogens is 2. The Morgan fingerprint density at radius 3 is 2.57 bits per heavy atom. The van der Waals surface area contributed by atoms with Crippen LogP contribution in [0.5, 0.6) is 0 Å². The third-order valence-electron chi connectivity index (χ3n) is 4.13. The predicted molar refractivity (Wildman–Crippen MR) is 87.1 cm³/mol. The number of carbonyl (C=O) groups is 1. The van der Waals surface area contributed by atoms with E-state index in [9.17, 15) is 13.2 Å². The van der Waals surface area contributed by atoms with Crippen molar-refractivity contribution in [2.75, 3.05) is 46.5 Å². The van der Waals surface area contributed by atoms with E-state index in [1.165, 1.54) is 15.5 Å². The zero-order chi connectivity index (χ0) is 17.2. The van der Waals surface area contributed by atoms with Crippen molar-refractivity contribution in [1.29, 1.82) is 0 Å². The molecule has 1 saturated heterocycles. The molecule has 1 amide bonds. The molecule has 0 bridgehead atoms. The standard InChI is InChI=1S/C14H25N5O3S/c1-16(2)14(20)12-8-18(10-13-7-15-11-17(13)3)5-6-19(9-12)23(4,21)22/h7,11-12H,5-6,8-10H2,1-4H3/t12-/m0/s1. The van der Waals surface area contributed by atoms with Crippen molar-refractivity contribution in [2.45, 2.75) is 6.54 Å². The molecule has 0 N–H and O–H groups in total. The minimum absolute atomic E-state index is 0.0458. The monoisotopic (exact) mass is 343 g/mol. The Morgan fingerprint density at radius 2 is 2.04 bits per heavy atom. The highest BCUT2D eigenvalue weighted by Crippen LogP contribution is 2.16. The summed E-state index contributed by atoms with van der Waals surface area (Å²) in [6.45, 7) is 2.40. The lowest BCUT2D eigenvalue weighted by atomic mass is 10.1. The first-order chi connectivity index (χ1) is 10.7. The van der Waals surface area contributed by atoms with Gasteiger partial charge in [-0.2, -0.15) is 0 Å². The maximum absolute atomic E-state index is 12.4. The highest BCUT2D eigenvalue weighted by Gasteiger charge is 2.32. The second-order valence-electron chi connectivity index (χ2n) is 6.28. The Balaban J connectivity index is 2.19. The molecule has 1 aromatic heterocycles. The van der Waals surface area contributed by atoms with Crippen LogP contribution in [0.4, 0.5) is 0 Å². The Morgan fingerprint density at radius 1 is 1.35 bits per heavy atom. The van der Waals surface area contributed by atoms with E-state index in [4.69, 9.17) is 0 Å². The Kier molecular flexibility index (Phi) is 5.43. The van der Waals surface area contributed by atoms with E-state index in [-0.39, 0.29) is 18.4 Å². The molecule has 23 heavy (non-hydrogen) atoms. The largest absolute Gasteiger partial charge is 0.348 e. The van der Waals surface area contributed by atoms with E-state index < -0.39 is 10.0 Å². The van der Waals surface area contributed by atoms with Gasteiger partial charge in [-0.3, -0.25) is 9.69 Å². The molecule has 1 aliphatic heterocycles. The molecular weight excluding hydrogens is 318 g/mol. The third kappa shape index (κ3) is 4.52. The maximum atomic E-state index is 12.4. The number of imidazole rings is 1. The molecule has 0 aromatic carbocycles. The summed E-state index contributed by atoms with van der Waals surface area (Å²) >= 11 is 0. The van der Waals surface area contributed by atoms with Crippen LogP contribution < -0.4 is 0 Å². The molecule has 9 heteroatoms. The first-order valence-corrected chi connectivity index (χ1v) is 9.37. The summed E-state index contributed by atoms with van der Waals surface area (Å²) in [6.07, 6.45) is 4.72. The van der Waals surface area contributed by atoms with Gasteiger partial charge in [0.15, 0.2) is 0 Å². The van der Waals surface area contributed by atoms with Crippen LogP contribution >= 0.6 is 0 Å². The van der Waals surface area contributed by atoms with E-state index in [1.54, 1.807) is 26.6 Å². The molecule has 0 radical (unpaired) electrons. The van der Waals surface area contributed by atoms with Crippen molar-refractivity contribution in [2.24, 2.45) is 13.0 Å². The molecule has 0 spiro atoms. The fourth-order valence-corrected chi connectivity index (χ4v) is 3.65. The van der Waals surface area contributed by atoms with E-state index >= 15 is 0 Å². The van der Waals surface area contributed by atoms with Crippen molar-refractivity contribution in [3.05, 3.63) is 18.2 Å². The fourth-order valence-electron chi connectivity index (χ4n) is 2.78. The van der Waals surface area contributed by atoms with Crippen molar-refractivity contribution >= 4 is 15.9 Å². The summed E-state index contributed by atoms with van der Waals surface area (Å²) in [7, 11) is 2.00. The highest BCUT2D eigenvalue weighted by molar-refractivity contribution is 7.88. The average Bonchev–Trinajstić information content (AvgIpc) is 2.73. The van der Waals surface area contributed by atoms with Crippen molar-refractivity contribution in [3.8, 4) is 0 Å². The number of nitrogens with zero attached hydrogens (tertiary/aromatic N) is 5. The number of sulfonamides is 1. The van der Waals surface area contributed by atoms with Gasteiger partial charge >= 0.3 is 0 Å². The molecule has 0 saturated carbocycles. The normalized spacial score (nSPS) is 21.1. The third-order valence-corrected chi connectivity index (χ3v) is 5.40. The second-order valence-corrected chi connectivity index (χ2v) is 8.26. The molecule has 130 valence electrons. The zero-order valence-corrected chi connectivity index (χ0v) is 15.0. The molecular formula is C14H25N5O3S.